The molecule has 0 saturated heterocycles. The summed E-state index contributed by atoms with van der Waals surface area (Å²) in [7, 11) is 0. The maximum Gasteiger partial charge on any atom is 0.0831 e. The minimum Gasteiger partial charge on any atom is -0.388 e. The molecule has 2 aromatic carbocycles. The van der Waals surface area contributed by atoms with Crippen molar-refractivity contribution in [2.24, 2.45) is 0 Å². The molecule has 0 heterocycles. The van der Waals surface area contributed by atoms with Gasteiger partial charge in [0.1, 0.15) is 0 Å². The van der Waals surface area contributed by atoms with Crippen LogP contribution in [0.4, 0.5) is 0 Å². The fourth-order valence-electron chi connectivity index (χ4n) is 1.85. The highest BCUT2D eigenvalue weighted by atomic mass is 35.5. The van der Waals surface area contributed by atoms with Crippen LogP contribution in [0, 0.1) is 6.92 Å². The molecule has 100 valence electrons. The monoisotopic (exact) mass is 314 g/mol. The van der Waals surface area contributed by atoms with Gasteiger partial charge in [-0.3, -0.25) is 0 Å². The zero-order valence-corrected chi connectivity index (χ0v) is 12.6. The molecule has 0 amide bonds. The Kier molecular flexibility index (Phi) is 4.75. The van der Waals surface area contributed by atoms with Gasteiger partial charge in [0.05, 0.1) is 6.10 Å². The van der Waals surface area contributed by atoms with E-state index in [2.05, 4.69) is 0 Å². The number of halogens is 3. The summed E-state index contributed by atoms with van der Waals surface area (Å²) < 4.78 is 0. The lowest BCUT2D eigenvalue weighted by atomic mass is 10.0. The second-order valence-corrected chi connectivity index (χ2v) is 5.65. The topological polar surface area (TPSA) is 20.2 Å². The Balaban J connectivity index is 2.25. The van der Waals surface area contributed by atoms with Gasteiger partial charge in [-0.2, -0.15) is 0 Å². The first-order valence-electron chi connectivity index (χ1n) is 5.86. The third kappa shape index (κ3) is 3.43. The Hall–Kier alpha value is -0.730. The van der Waals surface area contributed by atoms with Gasteiger partial charge in [-0.05, 0) is 41.8 Å². The summed E-state index contributed by atoms with van der Waals surface area (Å²) in [4.78, 5) is 0. The molecule has 2 rings (SSSR count). The molecule has 1 N–H and O–H groups in total. The van der Waals surface area contributed by atoms with Crippen LogP contribution in [-0.2, 0) is 6.42 Å². The summed E-state index contributed by atoms with van der Waals surface area (Å²) in [6.07, 6.45) is -0.326. The third-order valence-electron chi connectivity index (χ3n) is 3.04. The van der Waals surface area contributed by atoms with Gasteiger partial charge in [0.2, 0.25) is 0 Å². The number of aryl methyl sites for hydroxylation is 1. The van der Waals surface area contributed by atoms with E-state index in [1.165, 1.54) is 0 Å². The molecule has 0 radical (unpaired) electrons. The fourth-order valence-corrected chi connectivity index (χ4v) is 2.60. The van der Waals surface area contributed by atoms with Crippen molar-refractivity contribution in [2.75, 3.05) is 0 Å². The molecule has 0 aromatic heterocycles. The van der Waals surface area contributed by atoms with Crippen LogP contribution in [0.1, 0.15) is 22.8 Å². The van der Waals surface area contributed by atoms with E-state index in [0.29, 0.717) is 21.5 Å². The van der Waals surface area contributed by atoms with E-state index >= 15 is 0 Å². The van der Waals surface area contributed by atoms with Gasteiger partial charge in [0, 0.05) is 21.5 Å². The zero-order valence-electron chi connectivity index (χ0n) is 10.3. The highest BCUT2D eigenvalue weighted by Gasteiger charge is 2.14. The van der Waals surface area contributed by atoms with Crippen LogP contribution in [-0.4, -0.2) is 5.11 Å². The van der Waals surface area contributed by atoms with Gasteiger partial charge >= 0.3 is 0 Å². The second kappa shape index (κ2) is 6.15. The van der Waals surface area contributed by atoms with Gasteiger partial charge < -0.3 is 5.11 Å². The van der Waals surface area contributed by atoms with Crippen molar-refractivity contribution < 1.29 is 5.11 Å². The summed E-state index contributed by atoms with van der Waals surface area (Å²) in [6.45, 7) is 1.92. The molecule has 0 aliphatic heterocycles. The molecule has 19 heavy (non-hydrogen) atoms. The summed E-state index contributed by atoms with van der Waals surface area (Å²) >= 11 is 18.3. The molecular formula is C15H13Cl3O. The van der Waals surface area contributed by atoms with E-state index in [1.807, 2.05) is 19.1 Å². The summed E-state index contributed by atoms with van der Waals surface area (Å²) in [6, 6.07) is 10.8. The van der Waals surface area contributed by atoms with Crippen LogP contribution >= 0.6 is 34.8 Å². The Morgan fingerprint density at radius 2 is 1.63 bits per heavy atom. The molecule has 0 bridgehead atoms. The maximum absolute atomic E-state index is 10.3. The first-order chi connectivity index (χ1) is 8.99. The molecule has 1 nitrogen and oxygen atoms in total. The smallest absolute Gasteiger partial charge is 0.0831 e. The predicted molar refractivity (Wildman–Crippen MR) is 81.3 cm³/mol. The number of hydrogen-bond donors (Lipinski definition) is 1. The van der Waals surface area contributed by atoms with E-state index in [4.69, 9.17) is 34.8 Å². The number of aliphatic hydroxyl groups excluding tert-OH is 1. The van der Waals surface area contributed by atoms with Crippen molar-refractivity contribution in [2.45, 2.75) is 19.4 Å². The van der Waals surface area contributed by atoms with Gasteiger partial charge in [0.25, 0.3) is 0 Å². The van der Waals surface area contributed by atoms with Crippen molar-refractivity contribution in [1.29, 1.82) is 0 Å². The van der Waals surface area contributed by atoms with Gasteiger partial charge in [-0.25, -0.2) is 0 Å². The second-order valence-electron chi connectivity index (χ2n) is 4.43. The molecule has 1 unspecified atom stereocenters. The van der Waals surface area contributed by atoms with E-state index in [9.17, 15) is 5.11 Å². The zero-order chi connectivity index (χ0) is 14.0. The first-order valence-corrected chi connectivity index (χ1v) is 6.99. The lowest BCUT2D eigenvalue weighted by molar-refractivity contribution is 0.178. The fraction of sp³-hybridized carbons (Fsp3) is 0.200. The lowest BCUT2D eigenvalue weighted by Gasteiger charge is -2.14. The van der Waals surface area contributed by atoms with Crippen molar-refractivity contribution in [3.8, 4) is 0 Å². The number of aliphatic hydroxyl groups is 1. The third-order valence-corrected chi connectivity index (χ3v) is 4.16. The average molecular weight is 316 g/mol. The van der Waals surface area contributed by atoms with Crippen molar-refractivity contribution in [1.82, 2.24) is 0 Å². The summed E-state index contributed by atoms with van der Waals surface area (Å²) in [5.74, 6) is 0. The van der Waals surface area contributed by atoms with E-state index in [1.54, 1.807) is 24.3 Å². The van der Waals surface area contributed by atoms with Crippen molar-refractivity contribution >= 4 is 34.8 Å². The van der Waals surface area contributed by atoms with Gasteiger partial charge in [-0.15, -0.1) is 0 Å². The number of hydrogen-bond acceptors (Lipinski definition) is 1. The molecule has 0 aliphatic rings. The van der Waals surface area contributed by atoms with Crippen LogP contribution < -0.4 is 0 Å². The van der Waals surface area contributed by atoms with Gasteiger partial charge in [0.15, 0.2) is 0 Å². The van der Waals surface area contributed by atoms with Crippen molar-refractivity contribution in [3.05, 3.63) is 68.2 Å². The Morgan fingerprint density at radius 3 is 2.21 bits per heavy atom. The molecule has 2 aromatic rings. The van der Waals surface area contributed by atoms with Crippen LogP contribution in [0.5, 0.6) is 0 Å². The molecule has 0 saturated carbocycles. The Labute approximate surface area is 127 Å². The van der Waals surface area contributed by atoms with Gasteiger partial charge in [-0.1, -0.05) is 53.0 Å². The average Bonchev–Trinajstić information content (AvgIpc) is 2.37. The quantitative estimate of drug-likeness (QED) is 0.822. The van der Waals surface area contributed by atoms with Crippen LogP contribution in [0.2, 0.25) is 15.1 Å². The largest absolute Gasteiger partial charge is 0.388 e. The number of benzene rings is 2. The molecule has 4 heteroatoms. The summed E-state index contributed by atoms with van der Waals surface area (Å²) in [5, 5.41) is 12.0. The Bertz CT molecular complexity index is 576. The molecule has 0 fully saturated rings. The minimum atomic E-state index is -0.685. The molecular weight excluding hydrogens is 303 g/mol. The van der Waals surface area contributed by atoms with Crippen LogP contribution in [0.25, 0.3) is 0 Å². The first kappa shape index (κ1) is 14.7. The minimum absolute atomic E-state index is 0.359. The SMILES string of the molecule is Cc1ccc(C(O)Cc2c(Cl)cccc2Cl)cc1Cl. The Morgan fingerprint density at radius 1 is 1.00 bits per heavy atom. The highest BCUT2D eigenvalue weighted by molar-refractivity contribution is 6.36. The highest BCUT2D eigenvalue weighted by Crippen LogP contribution is 2.30. The van der Waals surface area contributed by atoms with E-state index in [0.717, 1.165) is 16.7 Å². The summed E-state index contributed by atoms with van der Waals surface area (Å²) in [5.41, 5.74) is 2.48. The number of rotatable bonds is 3. The van der Waals surface area contributed by atoms with E-state index in [-0.39, 0.29) is 0 Å². The van der Waals surface area contributed by atoms with Crippen LogP contribution in [0.3, 0.4) is 0 Å². The normalized spacial score (nSPS) is 12.5. The van der Waals surface area contributed by atoms with Crippen LogP contribution in [0.15, 0.2) is 36.4 Å². The van der Waals surface area contributed by atoms with Crippen molar-refractivity contribution in [3.63, 3.8) is 0 Å². The lowest BCUT2D eigenvalue weighted by Crippen LogP contribution is -2.03. The predicted octanol–water partition coefficient (Wildman–Crippen LogP) is 5.23. The molecule has 1 atom stereocenters. The standard InChI is InChI=1S/C15H13Cl3O/c1-9-5-6-10(7-14(9)18)15(19)8-11-12(16)3-2-4-13(11)17/h2-7,15,19H,8H2,1H3. The maximum atomic E-state index is 10.3. The van der Waals surface area contributed by atoms with E-state index < -0.39 is 6.10 Å². The molecule has 0 spiro atoms. The molecule has 0 aliphatic carbocycles.